The van der Waals surface area contributed by atoms with E-state index < -0.39 is 12.8 Å². The number of hydrogen-bond acceptors (Lipinski definition) is 2. The molecule has 1 rings (SSSR count). The lowest BCUT2D eigenvalue weighted by molar-refractivity contribution is -0.175. The third-order valence-electron chi connectivity index (χ3n) is 2.04. The Morgan fingerprint density at radius 2 is 2.15 bits per heavy atom. The van der Waals surface area contributed by atoms with Gasteiger partial charge in [0.15, 0.2) is 0 Å². The minimum absolute atomic E-state index is 0.0137. The summed E-state index contributed by atoms with van der Waals surface area (Å²) in [6.45, 7) is 0.284. The van der Waals surface area contributed by atoms with Crippen LogP contribution >= 0.6 is 0 Å². The molecule has 0 bridgehead atoms. The van der Waals surface area contributed by atoms with Gasteiger partial charge >= 0.3 is 6.18 Å². The molecular formula is C8H11F3O2. The van der Waals surface area contributed by atoms with Crippen LogP contribution in [0.15, 0.2) is 0 Å². The smallest absolute Gasteiger partial charge is 0.372 e. The number of carbonyl (C=O) groups excluding carboxylic acids is 1. The Bertz CT molecular complexity index is 200. The number of halogens is 3. The number of rotatable bonds is 4. The minimum Gasteiger partial charge on any atom is -0.372 e. The van der Waals surface area contributed by atoms with E-state index in [9.17, 15) is 18.0 Å². The first-order valence-corrected chi connectivity index (χ1v) is 4.05. The molecule has 2 unspecified atom stereocenters. The van der Waals surface area contributed by atoms with Crippen LogP contribution in [0.4, 0.5) is 13.2 Å². The number of alkyl halides is 3. The van der Waals surface area contributed by atoms with Crippen LogP contribution in [0, 0.1) is 11.8 Å². The zero-order valence-electron chi connectivity index (χ0n) is 7.23. The molecule has 13 heavy (non-hydrogen) atoms. The van der Waals surface area contributed by atoms with E-state index in [2.05, 4.69) is 4.74 Å². The van der Waals surface area contributed by atoms with Gasteiger partial charge in [-0.2, -0.15) is 13.2 Å². The predicted octanol–water partition coefficient (Wildman–Crippen LogP) is 1.79. The topological polar surface area (TPSA) is 26.3 Å². The van der Waals surface area contributed by atoms with E-state index in [1.54, 1.807) is 0 Å². The largest absolute Gasteiger partial charge is 0.411 e. The van der Waals surface area contributed by atoms with Crippen molar-refractivity contribution in [2.24, 2.45) is 11.8 Å². The third-order valence-corrected chi connectivity index (χ3v) is 2.04. The van der Waals surface area contributed by atoms with Crippen LogP contribution in [0.5, 0.6) is 0 Å². The lowest BCUT2D eigenvalue weighted by Crippen LogP contribution is -2.18. The molecule has 0 aliphatic heterocycles. The second kappa shape index (κ2) is 3.65. The first-order valence-electron chi connectivity index (χ1n) is 4.05. The maximum Gasteiger partial charge on any atom is 0.411 e. The van der Waals surface area contributed by atoms with Gasteiger partial charge in [-0.1, -0.05) is 0 Å². The molecular weight excluding hydrogens is 185 g/mol. The highest BCUT2D eigenvalue weighted by Gasteiger charge is 2.41. The summed E-state index contributed by atoms with van der Waals surface area (Å²) < 4.78 is 39.2. The molecule has 2 atom stereocenters. The Hall–Kier alpha value is -0.580. The number of carbonyl (C=O) groups is 1. The molecule has 1 aliphatic carbocycles. The van der Waals surface area contributed by atoms with Gasteiger partial charge in [-0.3, -0.25) is 4.79 Å². The molecule has 0 spiro atoms. The molecule has 1 aliphatic rings. The Kier molecular flexibility index (Phi) is 2.95. The van der Waals surface area contributed by atoms with Crippen LogP contribution in [0.25, 0.3) is 0 Å². The van der Waals surface area contributed by atoms with E-state index in [0.717, 1.165) is 0 Å². The van der Waals surface area contributed by atoms with Gasteiger partial charge in [-0.15, -0.1) is 0 Å². The van der Waals surface area contributed by atoms with Crippen LogP contribution in [0.3, 0.4) is 0 Å². The molecule has 0 amide bonds. The highest BCUT2D eigenvalue weighted by atomic mass is 19.4. The average Bonchev–Trinajstić information content (AvgIpc) is 2.63. The Balaban J connectivity index is 2.07. The molecule has 0 radical (unpaired) electrons. The Labute approximate surface area is 74.1 Å². The van der Waals surface area contributed by atoms with Crippen molar-refractivity contribution in [1.82, 2.24) is 0 Å². The van der Waals surface area contributed by atoms with Crippen LogP contribution in [0.1, 0.15) is 13.3 Å². The van der Waals surface area contributed by atoms with Gasteiger partial charge in [0.2, 0.25) is 0 Å². The first kappa shape index (κ1) is 10.5. The molecule has 0 aromatic rings. The summed E-state index contributed by atoms with van der Waals surface area (Å²) in [6, 6.07) is 0. The van der Waals surface area contributed by atoms with Crippen molar-refractivity contribution >= 4 is 5.78 Å². The predicted molar refractivity (Wildman–Crippen MR) is 39.2 cm³/mol. The molecule has 76 valence electrons. The maximum atomic E-state index is 11.6. The monoisotopic (exact) mass is 196 g/mol. The molecule has 1 fully saturated rings. The summed E-state index contributed by atoms with van der Waals surface area (Å²) in [5.41, 5.74) is 0. The normalized spacial score (nSPS) is 27.4. The zero-order chi connectivity index (χ0) is 10.1. The summed E-state index contributed by atoms with van der Waals surface area (Å²) in [5, 5.41) is 0. The Morgan fingerprint density at radius 1 is 1.54 bits per heavy atom. The van der Waals surface area contributed by atoms with Crippen molar-refractivity contribution in [1.29, 1.82) is 0 Å². The third kappa shape index (κ3) is 3.76. The van der Waals surface area contributed by atoms with Gasteiger partial charge < -0.3 is 4.74 Å². The van der Waals surface area contributed by atoms with E-state index in [1.165, 1.54) is 6.92 Å². The van der Waals surface area contributed by atoms with Gasteiger partial charge in [-0.05, 0) is 19.3 Å². The maximum absolute atomic E-state index is 11.6. The van der Waals surface area contributed by atoms with Gasteiger partial charge in [0.1, 0.15) is 12.4 Å². The molecule has 0 aromatic heterocycles. The molecule has 0 N–H and O–H groups in total. The zero-order valence-corrected chi connectivity index (χ0v) is 7.23. The summed E-state index contributed by atoms with van der Waals surface area (Å²) in [6.07, 6.45) is -3.59. The van der Waals surface area contributed by atoms with E-state index in [-0.39, 0.29) is 24.2 Å². The highest BCUT2D eigenvalue weighted by Crippen LogP contribution is 2.39. The van der Waals surface area contributed by atoms with E-state index in [4.69, 9.17) is 0 Å². The molecule has 5 heteroatoms. The van der Waals surface area contributed by atoms with Crippen molar-refractivity contribution in [3.8, 4) is 0 Å². The van der Waals surface area contributed by atoms with Gasteiger partial charge in [0.25, 0.3) is 0 Å². The van der Waals surface area contributed by atoms with Crippen LogP contribution in [-0.4, -0.2) is 25.2 Å². The molecule has 0 aromatic carbocycles. The van der Waals surface area contributed by atoms with E-state index in [1.807, 2.05) is 0 Å². The summed E-state index contributed by atoms with van der Waals surface area (Å²) in [4.78, 5) is 10.7. The molecule has 2 nitrogen and oxygen atoms in total. The highest BCUT2D eigenvalue weighted by molar-refractivity contribution is 5.81. The second-order valence-electron chi connectivity index (χ2n) is 3.34. The van der Waals surface area contributed by atoms with Gasteiger partial charge in [-0.25, -0.2) is 0 Å². The minimum atomic E-state index is -4.26. The van der Waals surface area contributed by atoms with Gasteiger partial charge in [0, 0.05) is 5.92 Å². The fraction of sp³-hybridized carbons (Fsp3) is 0.875. The van der Waals surface area contributed by atoms with Crippen molar-refractivity contribution in [2.45, 2.75) is 19.5 Å². The van der Waals surface area contributed by atoms with Crippen molar-refractivity contribution in [3.05, 3.63) is 0 Å². The lowest BCUT2D eigenvalue weighted by atomic mass is 10.2. The number of ether oxygens (including phenoxy) is 1. The first-order chi connectivity index (χ1) is 5.90. The number of hydrogen-bond donors (Lipinski definition) is 0. The standard InChI is InChI=1S/C8H11F3O2/c1-5(12)7-2-6(7)3-13-4-8(9,10)11/h6-7H,2-4H2,1H3. The quantitative estimate of drug-likeness (QED) is 0.685. The van der Waals surface area contributed by atoms with Crippen LogP contribution in [-0.2, 0) is 9.53 Å². The summed E-state index contributed by atoms with van der Waals surface area (Å²) in [7, 11) is 0. The van der Waals surface area contributed by atoms with Crippen molar-refractivity contribution < 1.29 is 22.7 Å². The molecule has 0 heterocycles. The van der Waals surface area contributed by atoms with Gasteiger partial charge in [0.05, 0.1) is 6.61 Å². The molecule has 0 saturated heterocycles. The average molecular weight is 196 g/mol. The van der Waals surface area contributed by atoms with Crippen LogP contribution in [0.2, 0.25) is 0 Å². The SMILES string of the molecule is CC(=O)C1CC1COCC(F)(F)F. The number of Topliss-reactive ketones (excluding diaryl/α,β-unsaturated/α-hetero) is 1. The molecule has 1 saturated carbocycles. The second-order valence-corrected chi connectivity index (χ2v) is 3.34. The van der Waals surface area contributed by atoms with E-state index >= 15 is 0 Å². The Morgan fingerprint density at radius 3 is 2.54 bits per heavy atom. The van der Waals surface area contributed by atoms with Crippen molar-refractivity contribution in [2.75, 3.05) is 13.2 Å². The lowest BCUT2D eigenvalue weighted by Gasteiger charge is -2.06. The fourth-order valence-electron chi connectivity index (χ4n) is 1.26. The van der Waals surface area contributed by atoms with Crippen LogP contribution < -0.4 is 0 Å². The number of ketones is 1. The van der Waals surface area contributed by atoms with E-state index in [0.29, 0.717) is 6.42 Å². The summed E-state index contributed by atoms with van der Waals surface area (Å²) >= 11 is 0. The summed E-state index contributed by atoms with van der Waals surface area (Å²) in [5.74, 6) is -0.00584. The fourth-order valence-corrected chi connectivity index (χ4v) is 1.26. The van der Waals surface area contributed by atoms with Crippen molar-refractivity contribution in [3.63, 3.8) is 0 Å².